The maximum atomic E-state index is 3.89. The zero-order valence-corrected chi connectivity index (χ0v) is 12.4. The van der Waals surface area contributed by atoms with Crippen LogP contribution in [0.4, 0.5) is 0 Å². The quantitative estimate of drug-likeness (QED) is 0.796. The summed E-state index contributed by atoms with van der Waals surface area (Å²) in [6.45, 7) is 4.53. The molecule has 0 heterocycles. The van der Waals surface area contributed by atoms with Gasteiger partial charge < -0.3 is 5.32 Å². The Morgan fingerprint density at radius 3 is 2.68 bits per heavy atom. The molecule has 2 saturated carbocycles. The smallest absolute Gasteiger partial charge is 0.00813 e. The number of rotatable bonds is 6. The molecule has 1 N–H and O–H groups in total. The van der Waals surface area contributed by atoms with Crippen LogP contribution in [-0.4, -0.2) is 12.1 Å². The number of benzene rings is 1. The van der Waals surface area contributed by atoms with Gasteiger partial charge in [0.15, 0.2) is 0 Å². The average molecular weight is 257 g/mol. The van der Waals surface area contributed by atoms with E-state index in [1.54, 1.807) is 5.56 Å². The predicted molar refractivity (Wildman–Crippen MR) is 81.5 cm³/mol. The lowest BCUT2D eigenvalue weighted by Gasteiger charge is -2.39. The molecule has 0 amide bonds. The number of hydrogen-bond acceptors (Lipinski definition) is 1. The third-order valence-electron chi connectivity index (χ3n) is 4.93. The Labute approximate surface area is 117 Å². The van der Waals surface area contributed by atoms with E-state index in [9.17, 15) is 0 Å². The molecule has 1 aromatic rings. The van der Waals surface area contributed by atoms with Crippen molar-refractivity contribution in [2.75, 3.05) is 0 Å². The highest BCUT2D eigenvalue weighted by molar-refractivity contribution is 5.27. The van der Waals surface area contributed by atoms with E-state index in [1.165, 1.54) is 44.1 Å². The summed E-state index contributed by atoms with van der Waals surface area (Å²) in [5.41, 5.74) is 2.95. The van der Waals surface area contributed by atoms with Crippen molar-refractivity contribution in [3.8, 4) is 0 Å². The van der Waals surface area contributed by atoms with Gasteiger partial charge in [-0.15, -0.1) is 0 Å². The zero-order valence-electron chi connectivity index (χ0n) is 12.4. The highest BCUT2D eigenvalue weighted by Crippen LogP contribution is 2.39. The van der Waals surface area contributed by atoms with Gasteiger partial charge in [-0.25, -0.2) is 0 Å². The summed E-state index contributed by atoms with van der Waals surface area (Å²) < 4.78 is 0. The van der Waals surface area contributed by atoms with Crippen molar-refractivity contribution in [2.45, 2.75) is 70.4 Å². The van der Waals surface area contributed by atoms with E-state index in [1.807, 2.05) is 0 Å². The standard InChI is InChI=1S/C18H27N/c1-3-17(10-14-7-8-14)19-18-11-16(12-18)15-6-4-5-13(2)9-15/h4-6,9,14,16-19H,3,7-8,10-12H2,1-2H3. The van der Waals surface area contributed by atoms with E-state index in [0.717, 1.165) is 23.9 Å². The Kier molecular flexibility index (Phi) is 3.93. The molecule has 19 heavy (non-hydrogen) atoms. The van der Waals surface area contributed by atoms with Gasteiger partial charge in [0.25, 0.3) is 0 Å². The minimum Gasteiger partial charge on any atom is -0.311 e. The van der Waals surface area contributed by atoms with Gasteiger partial charge in [-0.2, -0.15) is 0 Å². The molecule has 2 aliphatic rings. The Hall–Kier alpha value is -0.820. The van der Waals surface area contributed by atoms with Crippen molar-refractivity contribution in [1.29, 1.82) is 0 Å². The summed E-state index contributed by atoms with van der Waals surface area (Å²) >= 11 is 0. The predicted octanol–water partition coefficient (Wildman–Crippen LogP) is 4.41. The van der Waals surface area contributed by atoms with E-state index < -0.39 is 0 Å². The largest absolute Gasteiger partial charge is 0.311 e. The Balaban J connectivity index is 1.46. The molecule has 2 fully saturated rings. The molecule has 1 unspecified atom stereocenters. The summed E-state index contributed by atoms with van der Waals surface area (Å²) in [5, 5.41) is 3.89. The van der Waals surface area contributed by atoms with E-state index in [2.05, 4.69) is 43.4 Å². The van der Waals surface area contributed by atoms with Crippen LogP contribution in [0.5, 0.6) is 0 Å². The topological polar surface area (TPSA) is 12.0 Å². The van der Waals surface area contributed by atoms with Crippen LogP contribution in [0.25, 0.3) is 0 Å². The van der Waals surface area contributed by atoms with Crippen LogP contribution in [0.1, 0.15) is 62.5 Å². The van der Waals surface area contributed by atoms with Crippen molar-refractivity contribution in [2.24, 2.45) is 5.92 Å². The molecule has 1 nitrogen and oxygen atoms in total. The van der Waals surface area contributed by atoms with Gasteiger partial charge in [0, 0.05) is 12.1 Å². The fourth-order valence-electron chi connectivity index (χ4n) is 3.39. The first kappa shape index (κ1) is 13.2. The second-order valence-electron chi connectivity index (χ2n) is 6.73. The van der Waals surface area contributed by atoms with Crippen molar-refractivity contribution in [1.82, 2.24) is 5.32 Å². The first-order chi connectivity index (χ1) is 9.24. The van der Waals surface area contributed by atoms with E-state index >= 15 is 0 Å². The van der Waals surface area contributed by atoms with E-state index in [4.69, 9.17) is 0 Å². The van der Waals surface area contributed by atoms with Gasteiger partial charge in [-0.05, 0) is 50.0 Å². The molecule has 2 aliphatic carbocycles. The van der Waals surface area contributed by atoms with Crippen LogP contribution in [-0.2, 0) is 0 Å². The minimum atomic E-state index is 0.772. The molecule has 0 bridgehead atoms. The SMILES string of the molecule is CCC(CC1CC1)NC1CC(c2cccc(C)c2)C1. The lowest BCUT2D eigenvalue weighted by molar-refractivity contribution is 0.252. The fourth-order valence-corrected chi connectivity index (χ4v) is 3.39. The molecular formula is C18H27N. The molecule has 0 spiro atoms. The monoisotopic (exact) mass is 257 g/mol. The van der Waals surface area contributed by atoms with Crippen molar-refractivity contribution < 1.29 is 0 Å². The average Bonchev–Trinajstić information content (AvgIpc) is 3.15. The lowest BCUT2D eigenvalue weighted by Crippen LogP contribution is -2.45. The third kappa shape index (κ3) is 3.39. The summed E-state index contributed by atoms with van der Waals surface area (Å²) in [7, 11) is 0. The molecule has 0 saturated heterocycles. The van der Waals surface area contributed by atoms with Crippen LogP contribution in [0.15, 0.2) is 24.3 Å². The number of nitrogens with one attached hydrogen (secondary N) is 1. The van der Waals surface area contributed by atoms with Crippen molar-refractivity contribution >= 4 is 0 Å². The lowest BCUT2D eigenvalue weighted by atomic mass is 9.75. The molecule has 104 valence electrons. The van der Waals surface area contributed by atoms with Gasteiger partial charge in [-0.1, -0.05) is 49.6 Å². The van der Waals surface area contributed by atoms with E-state index in [0.29, 0.717) is 0 Å². The summed E-state index contributed by atoms with van der Waals surface area (Å²) in [5.74, 6) is 1.85. The summed E-state index contributed by atoms with van der Waals surface area (Å²) in [4.78, 5) is 0. The Morgan fingerprint density at radius 1 is 1.26 bits per heavy atom. The second kappa shape index (κ2) is 5.66. The molecule has 3 rings (SSSR count). The first-order valence-electron chi connectivity index (χ1n) is 8.07. The van der Waals surface area contributed by atoms with Crippen molar-refractivity contribution in [3.05, 3.63) is 35.4 Å². The highest BCUT2D eigenvalue weighted by Gasteiger charge is 2.32. The molecule has 0 aromatic heterocycles. The summed E-state index contributed by atoms with van der Waals surface area (Å²) in [6, 6.07) is 10.6. The normalized spacial score (nSPS) is 27.9. The van der Waals surface area contributed by atoms with Crippen molar-refractivity contribution in [3.63, 3.8) is 0 Å². The van der Waals surface area contributed by atoms with E-state index in [-0.39, 0.29) is 0 Å². The minimum absolute atomic E-state index is 0.772. The molecular weight excluding hydrogens is 230 g/mol. The van der Waals surface area contributed by atoms with Crippen LogP contribution in [0.3, 0.4) is 0 Å². The third-order valence-corrected chi connectivity index (χ3v) is 4.93. The highest BCUT2D eigenvalue weighted by atomic mass is 15.0. The molecule has 0 aliphatic heterocycles. The van der Waals surface area contributed by atoms with Gasteiger partial charge in [-0.3, -0.25) is 0 Å². The van der Waals surface area contributed by atoms with Crippen LogP contribution in [0, 0.1) is 12.8 Å². The maximum Gasteiger partial charge on any atom is 0.00813 e. The summed E-state index contributed by atoms with van der Waals surface area (Å²) in [6.07, 6.45) is 8.35. The number of aryl methyl sites for hydroxylation is 1. The second-order valence-corrected chi connectivity index (χ2v) is 6.73. The van der Waals surface area contributed by atoms with Gasteiger partial charge >= 0.3 is 0 Å². The van der Waals surface area contributed by atoms with Gasteiger partial charge in [0.1, 0.15) is 0 Å². The van der Waals surface area contributed by atoms with Crippen LogP contribution < -0.4 is 5.32 Å². The molecule has 1 heteroatoms. The zero-order chi connectivity index (χ0) is 13.2. The van der Waals surface area contributed by atoms with Gasteiger partial charge in [0.05, 0.1) is 0 Å². The first-order valence-corrected chi connectivity index (χ1v) is 8.07. The number of hydrogen-bond donors (Lipinski definition) is 1. The Bertz CT molecular complexity index is 415. The Morgan fingerprint density at radius 2 is 2.05 bits per heavy atom. The molecule has 1 aromatic carbocycles. The van der Waals surface area contributed by atoms with Crippen LogP contribution >= 0.6 is 0 Å². The molecule has 1 atom stereocenters. The maximum absolute atomic E-state index is 3.89. The van der Waals surface area contributed by atoms with Crippen LogP contribution in [0.2, 0.25) is 0 Å². The fraction of sp³-hybridized carbons (Fsp3) is 0.667. The van der Waals surface area contributed by atoms with Gasteiger partial charge in [0.2, 0.25) is 0 Å². The molecule has 0 radical (unpaired) electrons.